The molecule has 0 aromatic rings. The smallest absolute Gasteiger partial charge is 0.253 e. The number of amides is 4. The molecule has 4 amide bonds. The number of carbonyl (C=O) groups is 4. The molecule has 3 aliphatic rings. The number of nitrogens with one attached hydrogen (secondary N) is 3. The molecule has 1 aliphatic carbocycles. The molecular formula is C23H36N4O4. The van der Waals surface area contributed by atoms with E-state index in [-0.39, 0.29) is 35.5 Å². The van der Waals surface area contributed by atoms with Crippen LogP contribution < -0.4 is 16.0 Å². The van der Waals surface area contributed by atoms with Gasteiger partial charge < -0.3 is 16.0 Å². The van der Waals surface area contributed by atoms with Crippen molar-refractivity contribution in [3.05, 3.63) is 12.2 Å². The van der Waals surface area contributed by atoms with Gasteiger partial charge >= 0.3 is 0 Å². The van der Waals surface area contributed by atoms with Crippen molar-refractivity contribution in [2.24, 2.45) is 17.8 Å². The number of hydrogen-bond donors (Lipinski definition) is 3. The lowest BCUT2D eigenvalue weighted by Crippen LogP contribution is -2.38. The molecule has 0 radical (unpaired) electrons. The van der Waals surface area contributed by atoms with Gasteiger partial charge in [0, 0.05) is 44.1 Å². The monoisotopic (exact) mass is 432 g/mol. The summed E-state index contributed by atoms with van der Waals surface area (Å²) < 4.78 is 0. The molecule has 3 rings (SSSR count). The summed E-state index contributed by atoms with van der Waals surface area (Å²) >= 11 is 0. The molecule has 2 fully saturated rings. The number of unbranched alkanes of at least 4 members (excludes halogenated alkanes) is 2. The van der Waals surface area contributed by atoms with Crippen molar-refractivity contribution in [3.8, 4) is 0 Å². The number of rotatable bonds is 11. The lowest BCUT2D eigenvalue weighted by atomic mass is 9.81. The SMILES string of the molecule is O=C(CCCCCNC(=O)C1CCC(CN2C(=O)C=CC2=O)CC1)NC[C@@H]1CCNC1. The normalized spacial score (nSPS) is 25.8. The van der Waals surface area contributed by atoms with E-state index < -0.39 is 0 Å². The second kappa shape index (κ2) is 12.0. The van der Waals surface area contributed by atoms with Gasteiger partial charge in [-0.3, -0.25) is 24.1 Å². The molecule has 0 unspecified atom stereocenters. The molecule has 8 heteroatoms. The van der Waals surface area contributed by atoms with Gasteiger partial charge in [0.2, 0.25) is 11.8 Å². The van der Waals surface area contributed by atoms with Crippen molar-refractivity contribution in [1.29, 1.82) is 0 Å². The Labute approximate surface area is 184 Å². The summed E-state index contributed by atoms with van der Waals surface area (Å²) in [7, 11) is 0. The summed E-state index contributed by atoms with van der Waals surface area (Å²) in [5.74, 6) is 0.652. The minimum Gasteiger partial charge on any atom is -0.356 e. The molecule has 2 heterocycles. The topological polar surface area (TPSA) is 108 Å². The molecule has 1 saturated heterocycles. The summed E-state index contributed by atoms with van der Waals surface area (Å²) in [6.45, 7) is 3.93. The summed E-state index contributed by atoms with van der Waals surface area (Å²) in [4.78, 5) is 48.9. The number of carbonyl (C=O) groups excluding carboxylic acids is 4. The summed E-state index contributed by atoms with van der Waals surface area (Å²) in [6, 6.07) is 0. The van der Waals surface area contributed by atoms with Crippen molar-refractivity contribution < 1.29 is 19.2 Å². The van der Waals surface area contributed by atoms with Crippen LogP contribution in [0.2, 0.25) is 0 Å². The highest BCUT2D eigenvalue weighted by Crippen LogP contribution is 2.30. The van der Waals surface area contributed by atoms with Crippen LogP contribution in [-0.2, 0) is 19.2 Å². The second-order valence-corrected chi connectivity index (χ2v) is 9.10. The van der Waals surface area contributed by atoms with Crippen LogP contribution in [0.1, 0.15) is 57.8 Å². The molecule has 2 aliphatic heterocycles. The van der Waals surface area contributed by atoms with Crippen molar-refractivity contribution >= 4 is 23.6 Å². The van der Waals surface area contributed by atoms with Crippen molar-refractivity contribution in [2.45, 2.75) is 57.8 Å². The van der Waals surface area contributed by atoms with Gasteiger partial charge in [-0.1, -0.05) is 6.42 Å². The summed E-state index contributed by atoms with van der Waals surface area (Å²) in [6.07, 6.45) is 10.3. The highest BCUT2D eigenvalue weighted by molar-refractivity contribution is 6.12. The zero-order valence-corrected chi connectivity index (χ0v) is 18.4. The van der Waals surface area contributed by atoms with Gasteiger partial charge in [0.05, 0.1) is 0 Å². The van der Waals surface area contributed by atoms with E-state index in [1.54, 1.807) is 0 Å². The first-order chi connectivity index (χ1) is 15.0. The minimum absolute atomic E-state index is 0.0233. The third-order valence-corrected chi connectivity index (χ3v) is 6.69. The van der Waals surface area contributed by atoms with Gasteiger partial charge in [-0.2, -0.15) is 0 Å². The van der Waals surface area contributed by atoms with Gasteiger partial charge in [-0.15, -0.1) is 0 Å². The average Bonchev–Trinajstić information content (AvgIpc) is 3.40. The maximum absolute atomic E-state index is 12.4. The van der Waals surface area contributed by atoms with Crippen LogP contribution in [0.3, 0.4) is 0 Å². The van der Waals surface area contributed by atoms with Crippen LogP contribution in [0.25, 0.3) is 0 Å². The number of imide groups is 1. The highest BCUT2D eigenvalue weighted by Gasteiger charge is 2.31. The molecule has 31 heavy (non-hydrogen) atoms. The van der Waals surface area contributed by atoms with Crippen LogP contribution in [0.4, 0.5) is 0 Å². The standard InChI is InChI=1S/C23H36N4O4/c28-20(26-15-18-11-13-24-14-18)4-2-1-3-12-25-23(31)19-7-5-17(6-8-19)16-27-21(29)9-10-22(27)30/h9-10,17-19,24H,1-8,11-16H2,(H,25,31)(H,26,28)/t17?,18-,19?/m1/s1. The number of hydrogen-bond acceptors (Lipinski definition) is 5. The Kier molecular flexibility index (Phi) is 9.06. The van der Waals surface area contributed by atoms with E-state index in [1.807, 2.05) is 0 Å². The third kappa shape index (κ3) is 7.45. The van der Waals surface area contributed by atoms with Gasteiger partial charge in [0.25, 0.3) is 11.8 Å². The predicted molar refractivity (Wildman–Crippen MR) is 117 cm³/mol. The first kappa shape index (κ1) is 23.4. The zero-order valence-electron chi connectivity index (χ0n) is 18.4. The first-order valence-electron chi connectivity index (χ1n) is 11.8. The molecule has 0 spiro atoms. The van der Waals surface area contributed by atoms with Crippen LogP contribution in [0.15, 0.2) is 12.2 Å². The van der Waals surface area contributed by atoms with Crippen molar-refractivity contribution in [1.82, 2.24) is 20.9 Å². The predicted octanol–water partition coefficient (Wildman–Crippen LogP) is 1.12. The van der Waals surface area contributed by atoms with Crippen LogP contribution in [0, 0.1) is 17.8 Å². The van der Waals surface area contributed by atoms with Gasteiger partial charge in [0.15, 0.2) is 0 Å². The van der Waals surface area contributed by atoms with Gasteiger partial charge in [-0.25, -0.2) is 0 Å². The molecule has 8 nitrogen and oxygen atoms in total. The molecule has 172 valence electrons. The van der Waals surface area contributed by atoms with E-state index in [0.717, 1.165) is 71.0 Å². The average molecular weight is 433 g/mol. The second-order valence-electron chi connectivity index (χ2n) is 9.10. The summed E-state index contributed by atoms with van der Waals surface area (Å²) in [5.41, 5.74) is 0. The van der Waals surface area contributed by atoms with Gasteiger partial charge in [-0.05, 0) is 69.9 Å². The Balaban J connectivity index is 1.19. The third-order valence-electron chi connectivity index (χ3n) is 6.69. The largest absolute Gasteiger partial charge is 0.356 e. The van der Waals surface area contributed by atoms with E-state index >= 15 is 0 Å². The Hall–Kier alpha value is -2.22. The Morgan fingerprint density at radius 2 is 1.68 bits per heavy atom. The van der Waals surface area contributed by atoms with E-state index in [2.05, 4.69) is 16.0 Å². The fraction of sp³-hybridized carbons (Fsp3) is 0.739. The lowest BCUT2D eigenvalue weighted by Gasteiger charge is -2.30. The van der Waals surface area contributed by atoms with Crippen molar-refractivity contribution in [3.63, 3.8) is 0 Å². The summed E-state index contributed by atoms with van der Waals surface area (Å²) in [5, 5.41) is 9.35. The highest BCUT2D eigenvalue weighted by atomic mass is 16.2. The fourth-order valence-corrected chi connectivity index (χ4v) is 4.65. The molecule has 1 atom stereocenters. The Bertz CT molecular complexity index is 661. The quantitative estimate of drug-likeness (QED) is 0.335. The van der Waals surface area contributed by atoms with Crippen molar-refractivity contribution in [2.75, 3.05) is 32.7 Å². The van der Waals surface area contributed by atoms with Crippen LogP contribution in [0.5, 0.6) is 0 Å². The molecule has 0 aromatic carbocycles. The maximum atomic E-state index is 12.4. The number of nitrogens with zero attached hydrogens (tertiary/aromatic N) is 1. The molecule has 1 saturated carbocycles. The fourth-order valence-electron chi connectivity index (χ4n) is 4.65. The van der Waals surface area contributed by atoms with E-state index in [9.17, 15) is 19.2 Å². The zero-order chi connectivity index (χ0) is 22.1. The van der Waals surface area contributed by atoms with Crippen LogP contribution in [-0.4, -0.2) is 61.3 Å². The molecule has 3 N–H and O–H groups in total. The lowest BCUT2D eigenvalue weighted by molar-refractivity contribution is -0.138. The molecule has 0 aromatic heterocycles. The first-order valence-corrected chi connectivity index (χ1v) is 11.8. The van der Waals surface area contributed by atoms with E-state index in [0.29, 0.717) is 25.4 Å². The minimum atomic E-state index is -0.228. The van der Waals surface area contributed by atoms with E-state index in [4.69, 9.17) is 0 Å². The van der Waals surface area contributed by atoms with Gasteiger partial charge in [0.1, 0.15) is 0 Å². The van der Waals surface area contributed by atoms with Crippen LogP contribution >= 0.6 is 0 Å². The molecular weight excluding hydrogens is 396 g/mol. The van der Waals surface area contributed by atoms with E-state index in [1.165, 1.54) is 17.1 Å². The Morgan fingerprint density at radius 1 is 0.935 bits per heavy atom. The molecule has 0 bridgehead atoms. The maximum Gasteiger partial charge on any atom is 0.253 e. The Morgan fingerprint density at radius 3 is 2.35 bits per heavy atom.